The summed E-state index contributed by atoms with van der Waals surface area (Å²) >= 11 is 7.17. The van der Waals surface area contributed by atoms with Gasteiger partial charge in [-0.15, -0.1) is 0 Å². The molecule has 0 radical (unpaired) electrons. The average Bonchev–Trinajstić information content (AvgIpc) is 3.02. The Bertz CT molecular complexity index is 794. The van der Waals surface area contributed by atoms with Crippen LogP contribution in [0.1, 0.15) is 17.5 Å². The molecule has 0 atom stereocenters. The Kier molecular flexibility index (Phi) is 5.95. The standard InChI is InChI=1S/C17H18ClN3O4S/c1-2-24-17(23)21-8-7-13-14(9-21)26-16(19-13)20-15(22)10-25-12-5-3-11(18)4-6-12/h3-6H,2,7-10H2,1H3,(H,19,20,22). The van der Waals surface area contributed by atoms with Crippen molar-refractivity contribution >= 4 is 40.1 Å². The summed E-state index contributed by atoms with van der Waals surface area (Å²) in [4.78, 5) is 30.9. The van der Waals surface area contributed by atoms with Crippen LogP contribution in [0, 0.1) is 0 Å². The number of fused-ring (bicyclic) bond motifs is 1. The fourth-order valence-electron chi connectivity index (χ4n) is 2.45. The Balaban J connectivity index is 1.54. The van der Waals surface area contributed by atoms with Gasteiger partial charge in [-0.1, -0.05) is 22.9 Å². The van der Waals surface area contributed by atoms with Gasteiger partial charge in [0.25, 0.3) is 5.91 Å². The molecule has 2 aromatic rings. The molecule has 1 aromatic heterocycles. The Morgan fingerprint density at radius 3 is 2.85 bits per heavy atom. The number of halogens is 1. The van der Waals surface area contributed by atoms with Crippen molar-refractivity contribution in [3.05, 3.63) is 39.9 Å². The van der Waals surface area contributed by atoms with Crippen LogP contribution in [0.25, 0.3) is 0 Å². The molecule has 7 nitrogen and oxygen atoms in total. The largest absolute Gasteiger partial charge is 0.484 e. The Hall–Kier alpha value is -2.32. The highest BCUT2D eigenvalue weighted by atomic mass is 35.5. The van der Waals surface area contributed by atoms with E-state index in [4.69, 9.17) is 21.1 Å². The van der Waals surface area contributed by atoms with Crippen LogP contribution in [0.15, 0.2) is 24.3 Å². The minimum absolute atomic E-state index is 0.124. The van der Waals surface area contributed by atoms with Gasteiger partial charge in [0.15, 0.2) is 11.7 Å². The van der Waals surface area contributed by atoms with Crippen LogP contribution in [0.4, 0.5) is 9.93 Å². The average molecular weight is 396 g/mol. The summed E-state index contributed by atoms with van der Waals surface area (Å²) in [6.07, 6.45) is 0.315. The first-order valence-electron chi connectivity index (χ1n) is 8.13. The summed E-state index contributed by atoms with van der Waals surface area (Å²) in [5, 5.41) is 3.84. The summed E-state index contributed by atoms with van der Waals surface area (Å²) in [5.74, 6) is 0.265. The summed E-state index contributed by atoms with van der Waals surface area (Å²) < 4.78 is 10.4. The molecule has 0 saturated heterocycles. The van der Waals surface area contributed by atoms with Crippen LogP contribution in [0.2, 0.25) is 5.02 Å². The molecule has 1 aliphatic heterocycles. The van der Waals surface area contributed by atoms with E-state index in [1.54, 1.807) is 36.1 Å². The predicted octanol–water partition coefficient (Wildman–Crippen LogP) is 3.33. The lowest BCUT2D eigenvalue weighted by atomic mass is 10.2. The number of benzene rings is 1. The summed E-state index contributed by atoms with van der Waals surface area (Å²) in [7, 11) is 0. The lowest BCUT2D eigenvalue weighted by Crippen LogP contribution is -2.35. The number of amides is 2. The molecule has 0 bridgehead atoms. The zero-order valence-electron chi connectivity index (χ0n) is 14.2. The molecule has 2 amide bonds. The fraction of sp³-hybridized carbons (Fsp3) is 0.353. The van der Waals surface area contributed by atoms with Crippen LogP contribution in [0.3, 0.4) is 0 Å². The predicted molar refractivity (Wildman–Crippen MR) is 98.8 cm³/mol. The maximum absolute atomic E-state index is 12.0. The van der Waals surface area contributed by atoms with Crippen LogP contribution in [0.5, 0.6) is 5.75 Å². The van der Waals surface area contributed by atoms with Gasteiger partial charge in [-0.05, 0) is 31.2 Å². The van der Waals surface area contributed by atoms with E-state index in [2.05, 4.69) is 10.3 Å². The molecule has 2 heterocycles. The van der Waals surface area contributed by atoms with Gasteiger partial charge in [0.05, 0.1) is 18.8 Å². The van der Waals surface area contributed by atoms with Gasteiger partial charge in [0, 0.05) is 22.9 Å². The zero-order valence-corrected chi connectivity index (χ0v) is 15.7. The van der Waals surface area contributed by atoms with Gasteiger partial charge < -0.3 is 14.4 Å². The van der Waals surface area contributed by atoms with Crippen LogP contribution < -0.4 is 10.1 Å². The second-order valence-corrected chi connectivity index (χ2v) is 7.07. The van der Waals surface area contributed by atoms with Crippen molar-refractivity contribution in [1.82, 2.24) is 9.88 Å². The monoisotopic (exact) mass is 395 g/mol. The van der Waals surface area contributed by atoms with E-state index in [1.807, 2.05) is 0 Å². The van der Waals surface area contributed by atoms with Gasteiger partial charge >= 0.3 is 6.09 Å². The van der Waals surface area contributed by atoms with Gasteiger partial charge in [0.2, 0.25) is 0 Å². The number of anilines is 1. The van der Waals surface area contributed by atoms with Gasteiger partial charge in [-0.3, -0.25) is 10.1 Å². The van der Waals surface area contributed by atoms with Crippen LogP contribution in [-0.4, -0.2) is 41.6 Å². The molecule has 1 aliphatic rings. The molecule has 9 heteroatoms. The van der Waals surface area contributed by atoms with E-state index in [1.165, 1.54) is 11.3 Å². The number of hydrogen-bond acceptors (Lipinski definition) is 6. The number of rotatable bonds is 5. The van der Waals surface area contributed by atoms with Crippen molar-refractivity contribution in [2.24, 2.45) is 0 Å². The van der Waals surface area contributed by atoms with Gasteiger partial charge in [0.1, 0.15) is 5.75 Å². The number of ether oxygens (including phenoxy) is 2. The number of nitrogens with one attached hydrogen (secondary N) is 1. The lowest BCUT2D eigenvalue weighted by Gasteiger charge is -2.24. The number of carbonyl (C=O) groups is 2. The highest BCUT2D eigenvalue weighted by Crippen LogP contribution is 2.28. The van der Waals surface area contributed by atoms with Crippen LogP contribution >= 0.6 is 22.9 Å². The number of aromatic nitrogens is 1. The third kappa shape index (κ3) is 4.64. The van der Waals surface area contributed by atoms with Gasteiger partial charge in [-0.2, -0.15) is 0 Å². The van der Waals surface area contributed by atoms with E-state index >= 15 is 0 Å². The van der Waals surface area contributed by atoms with Crippen molar-refractivity contribution in [1.29, 1.82) is 0 Å². The summed E-state index contributed by atoms with van der Waals surface area (Å²) in [6.45, 7) is 3.01. The van der Waals surface area contributed by atoms with Crippen molar-refractivity contribution in [2.75, 3.05) is 25.1 Å². The van der Waals surface area contributed by atoms with Crippen molar-refractivity contribution in [2.45, 2.75) is 19.9 Å². The molecule has 1 N–H and O–H groups in total. The quantitative estimate of drug-likeness (QED) is 0.839. The topological polar surface area (TPSA) is 80.8 Å². The second-order valence-electron chi connectivity index (χ2n) is 5.55. The maximum atomic E-state index is 12.0. The molecular weight excluding hydrogens is 378 g/mol. The van der Waals surface area contributed by atoms with Crippen LogP contribution in [-0.2, 0) is 22.5 Å². The second kappa shape index (κ2) is 8.37. The first kappa shape index (κ1) is 18.5. The molecule has 26 heavy (non-hydrogen) atoms. The highest BCUT2D eigenvalue weighted by Gasteiger charge is 2.25. The molecule has 0 aliphatic carbocycles. The normalized spacial score (nSPS) is 13.1. The molecule has 138 valence electrons. The number of thiazole rings is 1. The zero-order chi connectivity index (χ0) is 18.5. The maximum Gasteiger partial charge on any atom is 0.410 e. The molecule has 0 spiro atoms. The minimum Gasteiger partial charge on any atom is -0.484 e. The third-order valence-corrected chi connectivity index (χ3v) is 4.94. The first-order valence-corrected chi connectivity index (χ1v) is 9.33. The molecule has 1 aromatic carbocycles. The minimum atomic E-state index is -0.325. The van der Waals surface area contributed by atoms with Crippen molar-refractivity contribution in [3.8, 4) is 5.75 Å². The van der Waals surface area contributed by atoms with E-state index in [-0.39, 0.29) is 18.6 Å². The summed E-state index contributed by atoms with van der Waals surface area (Å²) in [6, 6.07) is 6.78. The van der Waals surface area contributed by atoms with Crippen molar-refractivity contribution in [3.63, 3.8) is 0 Å². The van der Waals surface area contributed by atoms with Gasteiger partial charge in [-0.25, -0.2) is 9.78 Å². The Morgan fingerprint density at radius 1 is 1.35 bits per heavy atom. The molecule has 0 saturated carbocycles. The first-order chi connectivity index (χ1) is 12.5. The molecule has 0 fully saturated rings. The van der Waals surface area contributed by atoms with E-state index in [0.29, 0.717) is 42.0 Å². The number of carbonyl (C=O) groups excluding carboxylic acids is 2. The fourth-order valence-corrected chi connectivity index (χ4v) is 3.62. The van der Waals surface area contributed by atoms with Crippen molar-refractivity contribution < 1.29 is 19.1 Å². The smallest absolute Gasteiger partial charge is 0.410 e. The SMILES string of the molecule is CCOC(=O)N1CCc2nc(NC(=O)COc3ccc(Cl)cc3)sc2C1. The van der Waals surface area contributed by atoms with E-state index in [9.17, 15) is 9.59 Å². The molecule has 0 unspecified atom stereocenters. The Morgan fingerprint density at radius 2 is 2.12 bits per heavy atom. The van der Waals surface area contributed by atoms with E-state index < -0.39 is 0 Å². The number of nitrogens with zero attached hydrogens (tertiary/aromatic N) is 2. The Labute approximate surface area is 159 Å². The summed E-state index contributed by atoms with van der Waals surface area (Å²) in [5.41, 5.74) is 0.907. The highest BCUT2D eigenvalue weighted by molar-refractivity contribution is 7.15. The number of hydrogen-bond donors (Lipinski definition) is 1. The molecule has 3 rings (SSSR count). The lowest BCUT2D eigenvalue weighted by molar-refractivity contribution is -0.118. The van der Waals surface area contributed by atoms with E-state index in [0.717, 1.165) is 10.6 Å². The third-order valence-electron chi connectivity index (χ3n) is 3.69. The molecular formula is C17H18ClN3O4S.